The smallest absolute Gasteiger partial charge is 0.273 e. The second-order valence-electron chi connectivity index (χ2n) is 4.01. The van der Waals surface area contributed by atoms with Gasteiger partial charge in [0.1, 0.15) is 18.1 Å². The monoisotopic (exact) mass is 293 g/mol. The van der Waals surface area contributed by atoms with E-state index >= 15 is 0 Å². The van der Waals surface area contributed by atoms with Crippen molar-refractivity contribution in [2.75, 3.05) is 7.11 Å². The molecule has 0 radical (unpaired) electrons. The van der Waals surface area contributed by atoms with Gasteiger partial charge >= 0.3 is 0 Å². The lowest BCUT2D eigenvalue weighted by Crippen LogP contribution is -1.97. The van der Waals surface area contributed by atoms with E-state index in [0.29, 0.717) is 5.02 Å². The first-order chi connectivity index (χ1) is 9.60. The van der Waals surface area contributed by atoms with Gasteiger partial charge in [-0.15, -0.1) is 0 Å². The minimum absolute atomic E-state index is 0.0601. The van der Waals surface area contributed by atoms with Gasteiger partial charge in [0.2, 0.25) is 0 Å². The predicted molar refractivity (Wildman–Crippen MR) is 75.4 cm³/mol. The maximum Gasteiger partial charge on any atom is 0.273 e. The summed E-state index contributed by atoms with van der Waals surface area (Å²) in [5.41, 5.74) is 0.821. The molecule has 0 N–H and O–H groups in total. The Morgan fingerprint density at radius 3 is 2.75 bits per heavy atom. The fourth-order valence-corrected chi connectivity index (χ4v) is 1.81. The van der Waals surface area contributed by atoms with Gasteiger partial charge in [0.05, 0.1) is 23.1 Å². The standard InChI is InChI=1S/C14H12ClNO4/c1-19-12-4-2-3-10(7-12)9-20-14-8-11(16(17)18)5-6-13(14)15/h2-8H,9H2,1H3. The van der Waals surface area contributed by atoms with Gasteiger partial charge in [-0.25, -0.2) is 0 Å². The number of halogens is 1. The van der Waals surface area contributed by atoms with Crippen molar-refractivity contribution in [2.24, 2.45) is 0 Å². The molecule has 0 aliphatic rings. The Bertz CT molecular complexity index is 630. The Morgan fingerprint density at radius 1 is 1.25 bits per heavy atom. The lowest BCUT2D eigenvalue weighted by atomic mass is 10.2. The fourth-order valence-electron chi connectivity index (χ4n) is 1.64. The van der Waals surface area contributed by atoms with Crippen molar-refractivity contribution in [3.05, 3.63) is 63.2 Å². The molecule has 2 rings (SSSR count). The van der Waals surface area contributed by atoms with Gasteiger partial charge in [0.15, 0.2) is 0 Å². The highest BCUT2D eigenvalue weighted by Crippen LogP contribution is 2.29. The van der Waals surface area contributed by atoms with Crippen molar-refractivity contribution >= 4 is 17.3 Å². The zero-order chi connectivity index (χ0) is 14.5. The second-order valence-corrected chi connectivity index (χ2v) is 4.42. The van der Waals surface area contributed by atoms with Crippen molar-refractivity contribution in [1.29, 1.82) is 0 Å². The second kappa shape index (κ2) is 6.25. The van der Waals surface area contributed by atoms with E-state index in [1.807, 2.05) is 24.3 Å². The van der Waals surface area contributed by atoms with Crippen LogP contribution in [0.5, 0.6) is 11.5 Å². The molecular weight excluding hydrogens is 282 g/mol. The SMILES string of the molecule is COc1cccc(COc2cc([N+](=O)[O-])ccc2Cl)c1. The van der Waals surface area contributed by atoms with E-state index in [9.17, 15) is 10.1 Å². The molecule has 0 aliphatic carbocycles. The first kappa shape index (κ1) is 14.1. The van der Waals surface area contributed by atoms with Crippen LogP contribution in [0, 0.1) is 10.1 Å². The zero-order valence-corrected chi connectivity index (χ0v) is 11.5. The zero-order valence-electron chi connectivity index (χ0n) is 10.7. The molecule has 0 saturated carbocycles. The summed E-state index contributed by atoms with van der Waals surface area (Å²) >= 11 is 5.95. The molecule has 0 saturated heterocycles. The highest BCUT2D eigenvalue weighted by Gasteiger charge is 2.11. The minimum Gasteiger partial charge on any atom is -0.497 e. The Morgan fingerprint density at radius 2 is 2.05 bits per heavy atom. The van der Waals surface area contributed by atoms with Crippen molar-refractivity contribution in [1.82, 2.24) is 0 Å². The molecule has 0 amide bonds. The van der Waals surface area contributed by atoms with Crippen molar-refractivity contribution in [2.45, 2.75) is 6.61 Å². The molecule has 0 fully saturated rings. The van der Waals surface area contributed by atoms with Crippen molar-refractivity contribution < 1.29 is 14.4 Å². The summed E-state index contributed by atoms with van der Waals surface area (Å²) in [5, 5.41) is 11.0. The van der Waals surface area contributed by atoms with Crippen LogP contribution < -0.4 is 9.47 Å². The Kier molecular flexibility index (Phi) is 4.42. The third-order valence-corrected chi connectivity index (χ3v) is 2.97. The number of methoxy groups -OCH3 is 1. The predicted octanol–water partition coefficient (Wildman–Crippen LogP) is 3.84. The van der Waals surface area contributed by atoms with E-state index in [2.05, 4.69) is 0 Å². The summed E-state index contributed by atoms with van der Waals surface area (Å²) in [4.78, 5) is 10.2. The minimum atomic E-state index is -0.491. The number of hydrogen-bond donors (Lipinski definition) is 0. The summed E-state index contributed by atoms with van der Waals surface area (Å²) in [6, 6.07) is 11.4. The van der Waals surface area contributed by atoms with Crippen LogP contribution in [-0.4, -0.2) is 12.0 Å². The third kappa shape index (κ3) is 3.39. The molecule has 0 spiro atoms. The largest absolute Gasteiger partial charge is 0.497 e. The molecule has 0 unspecified atom stereocenters. The first-order valence-corrected chi connectivity index (χ1v) is 6.17. The number of ether oxygens (including phenoxy) is 2. The van der Waals surface area contributed by atoms with Crippen LogP contribution >= 0.6 is 11.6 Å². The maximum absolute atomic E-state index is 10.7. The summed E-state index contributed by atoms with van der Waals surface area (Å²) in [5.74, 6) is 1.000. The van der Waals surface area contributed by atoms with Gasteiger partial charge in [0.25, 0.3) is 5.69 Å². The Labute approximate surface area is 120 Å². The molecule has 0 heterocycles. The van der Waals surface area contributed by atoms with Crippen LogP contribution in [-0.2, 0) is 6.61 Å². The highest BCUT2D eigenvalue weighted by molar-refractivity contribution is 6.32. The summed E-state index contributed by atoms with van der Waals surface area (Å²) in [6.45, 7) is 0.248. The summed E-state index contributed by atoms with van der Waals surface area (Å²) < 4.78 is 10.6. The van der Waals surface area contributed by atoms with E-state index in [-0.39, 0.29) is 18.0 Å². The number of nitro groups is 1. The molecule has 5 nitrogen and oxygen atoms in total. The highest BCUT2D eigenvalue weighted by atomic mass is 35.5. The van der Waals surface area contributed by atoms with Crippen LogP contribution in [0.4, 0.5) is 5.69 Å². The average molecular weight is 294 g/mol. The number of rotatable bonds is 5. The normalized spacial score (nSPS) is 10.1. The fraction of sp³-hybridized carbons (Fsp3) is 0.143. The Hall–Kier alpha value is -2.27. The van der Waals surface area contributed by atoms with E-state index in [1.54, 1.807) is 7.11 Å². The van der Waals surface area contributed by atoms with E-state index in [1.165, 1.54) is 18.2 Å². The van der Waals surface area contributed by atoms with Crippen LogP contribution in [0.1, 0.15) is 5.56 Å². The van der Waals surface area contributed by atoms with Crippen LogP contribution in [0.2, 0.25) is 5.02 Å². The molecule has 0 bridgehead atoms. The van der Waals surface area contributed by atoms with Gasteiger partial charge in [-0.2, -0.15) is 0 Å². The topological polar surface area (TPSA) is 61.6 Å². The van der Waals surface area contributed by atoms with Gasteiger partial charge in [-0.1, -0.05) is 23.7 Å². The maximum atomic E-state index is 10.7. The van der Waals surface area contributed by atoms with Gasteiger partial charge in [-0.05, 0) is 23.8 Å². The molecule has 0 atom stereocenters. The van der Waals surface area contributed by atoms with Gasteiger partial charge < -0.3 is 9.47 Å². The number of nitro benzene ring substituents is 1. The van der Waals surface area contributed by atoms with Gasteiger partial charge in [-0.3, -0.25) is 10.1 Å². The number of nitrogens with zero attached hydrogens (tertiary/aromatic N) is 1. The van der Waals surface area contributed by atoms with Crippen molar-refractivity contribution in [3.63, 3.8) is 0 Å². The molecule has 2 aromatic carbocycles. The molecule has 2 aromatic rings. The molecule has 0 aromatic heterocycles. The van der Waals surface area contributed by atoms with Crippen molar-refractivity contribution in [3.8, 4) is 11.5 Å². The first-order valence-electron chi connectivity index (χ1n) is 5.80. The molecule has 20 heavy (non-hydrogen) atoms. The lowest BCUT2D eigenvalue weighted by molar-refractivity contribution is -0.384. The molecule has 104 valence electrons. The number of benzene rings is 2. The number of hydrogen-bond acceptors (Lipinski definition) is 4. The summed E-state index contributed by atoms with van der Waals surface area (Å²) in [7, 11) is 1.58. The number of non-ortho nitro benzene ring substituents is 1. The van der Waals surface area contributed by atoms with E-state index < -0.39 is 4.92 Å². The van der Waals surface area contributed by atoms with Crippen LogP contribution in [0.15, 0.2) is 42.5 Å². The molecule has 0 aliphatic heterocycles. The van der Waals surface area contributed by atoms with Crippen LogP contribution in [0.25, 0.3) is 0 Å². The Balaban J connectivity index is 2.13. The average Bonchev–Trinajstić information content (AvgIpc) is 2.46. The summed E-state index contributed by atoms with van der Waals surface area (Å²) in [6.07, 6.45) is 0. The van der Waals surface area contributed by atoms with E-state index in [4.69, 9.17) is 21.1 Å². The van der Waals surface area contributed by atoms with Gasteiger partial charge in [0, 0.05) is 6.07 Å². The third-order valence-electron chi connectivity index (χ3n) is 2.65. The molecular formula is C14H12ClNO4. The van der Waals surface area contributed by atoms with Crippen LogP contribution in [0.3, 0.4) is 0 Å². The molecule has 6 heteroatoms. The van der Waals surface area contributed by atoms with E-state index in [0.717, 1.165) is 11.3 Å². The lowest BCUT2D eigenvalue weighted by Gasteiger charge is -2.09. The quantitative estimate of drug-likeness (QED) is 0.621.